The van der Waals surface area contributed by atoms with Crippen LogP contribution >= 0.6 is 11.8 Å². The van der Waals surface area contributed by atoms with Crippen molar-refractivity contribution >= 4 is 35.6 Å². The van der Waals surface area contributed by atoms with Crippen molar-refractivity contribution in [3.8, 4) is 0 Å². The Hall–Kier alpha value is -2.74. The molecule has 0 heterocycles. The molecule has 4 amide bonds. The highest BCUT2D eigenvalue weighted by molar-refractivity contribution is 7.98. The summed E-state index contributed by atoms with van der Waals surface area (Å²) in [5, 5.41) is 27.0. The van der Waals surface area contributed by atoms with Gasteiger partial charge in [-0.05, 0) is 88.5 Å². The van der Waals surface area contributed by atoms with Gasteiger partial charge in [-0.3, -0.25) is 19.3 Å². The number of nitrogens with two attached hydrogens (primary N) is 1. The van der Waals surface area contributed by atoms with Crippen LogP contribution in [-0.4, -0.2) is 86.9 Å². The number of amides is 4. The average Bonchev–Trinajstić information content (AvgIpc) is 2.94. The van der Waals surface area contributed by atoms with Gasteiger partial charge in [0.1, 0.15) is 17.5 Å². The molecule has 6 N–H and O–H groups in total. The molecule has 46 heavy (non-hydrogen) atoms. The van der Waals surface area contributed by atoms with Crippen LogP contribution in [0.25, 0.3) is 0 Å². The zero-order chi connectivity index (χ0) is 35.4. The van der Waals surface area contributed by atoms with Crippen molar-refractivity contribution in [3.63, 3.8) is 0 Å². The van der Waals surface area contributed by atoms with Gasteiger partial charge in [0.15, 0.2) is 0 Å². The predicted octanol–water partition coefficient (Wildman–Crippen LogP) is 3.59. The first-order valence-electron chi connectivity index (χ1n) is 15.8. The number of thioether (sulfide) groups is 1. The van der Waals surface area contributed by atoms with Crippen LogP contribution in [0.5, 0.6) is 0 Å². The van der Waals surface area contributed by atoms with Gasteiger partial charge in [0, 0.05) is 12.5 Å². The highest BCUT2D eigenvalue weighted by atomic mass is 32.2. The number of aliphatic hydroxyl groups excluding tert-OH is 2. The van der Waals surface area contributed by atoms with Crippen molar-refractivity contribution in [2.45, 2.75) is 117 Å². The van der Waals surface area contributed by atoms with Gasteiger partial charge in [0.2, 0.25) is 17.7 Å². The summed E-state index contributed by atoms with van der Waals surface area (Å²) in [5.41, 5.74) is 6.08. The third-order valence-corrected chi connectivity index (χ3v) is 7.96. The van der Waals surface area contributed by atoms with Crippen molar-refractivity contribution in [1.29, 1.82) is 0 Å². The topological polar surface area (TPSA) is 171 Å². The molecule has 0 spiro atoms. The van der Waals surface area contributed by atoms with Crippen molar-refractivity contribution in [1.82, 2.24) is 15.5 Å². The van der Waals surface area contributed by atoms with Crippen LogP contribution in [0, 0.1) is 23.6 Å². The standard InChI is InChI=1S/C33H55FN4O7S/c1-19(2)16-23(17-26(40)28(21(5)39)37-32(44)45-33(6,7)8)30(42)38(31(43)27(35)20(3)4)25(14-15-46-9)29(41)36-18-22-10-12-24(34)13-11-22/h10-13,19-21,23,25-28,39-40H,14-18,35H2,1-9H3,(H,36,41)(H,37,44)/t21-,23-,25+,26-,27+,28+/m1/s1. The van der Waals surface area contributed by atoms with Crippen LogP contribution < -0.4 is 16.4 Å². The lowest BCUT2D eigenvalue weighted by atomic mass is 9.86. The van der Waals surface area contributed by atoms with Gasteiger partial charge >= 0.3 is 6.09 Å². The molecular formula is C33H55FN4O7S. The second-order valence-corrected chi connectivity index (χ2v) is 14.5. The minimum Gasteiger partial charge on any atom is -0.444 e. The van der Waals surface area contributed by atoms with Crippen molar-refractivity contribution in [2.24, 2.45) is 23.5 Å². The van der Waals surface area contributed by atoms with E-state index in [1.165, 1.54) is 43.0 Å². The Morgan fingerprint density at radius 1 is 1.00 bits per heavy atom. The number of carbonyl (C=O) groups is 4. The van der Waals surface area contributed by atoms with E-state index in [0.29, 0.717) is 11.3 Å². The number of ether oxygens (including phenoxy) is 1. The normalized spacial score (nSPS) is 15.8. The van der Waals surface area contributed by atoms with E-state index in [1.54, 1.807) is 34.6 Å². The maximum Gasteiger partial charge on any atom is 0.408 e. The van der Waals surface area contributed by atoms with Gasteiger partial charge < -0.3 is 31.3 Å². The Morgan fingerprint density at radius 3 is 2.07 bits per heavy atom. The Labute approximate surface area is 277 Å². The van der Waals surface area contributed by atoms with Crippen LogP contribution in [0.1, 0.15) is 80.2 Å². The van der Waals surface area contributed by atoms with Crippen LogP contribution in [0.4, 0.5) is 9.18 Å². The van der Waals surface area contributed by atoms with Gasteiger partial charge in [0.05, 0.1) is 24.3 Å². The number of hydrogen-bond acceptors (Lipinski definition) is 9. The van der Waals surface area contributed by atoms with Gasteiger partial charge in [-0.1, -0.05) is 39.8 Å². The van der Waals surface area contributed by atoms with Gasteiger partial charge in [0.25, 0.3) is 0 Å². The molecule has 0 fully saturated rings. The predicted molar refractivity (Wildman–Crippen MR) is 178 cm³/mol. The molecule has 0 aliphatic rings. The maximum absolute atomic E-state index is 14.4. The molecule has 0 aliphatic heterocycles. The number of benzene rings is 1. The molecule has 0 saturated heterocycles. The number of nitrogens with one attached hydrogen (secondary N) is 2. The van der Waals surface area contributed by atoms with Crippen LogP contribution in [0.3, 0.4) is 0 Å². The number of aliphatic hydroxyl groups is 2. The molecule has 6 atom stereocenters. The number of nitrogens with zero attached hydrogens (tertiary/aromatic N) is 1. The minimum absolute atomic E-state index is 0.0435. The average molecular weight is 671 g/mol. The lowest BCUT2D eigenvalue weighted by molar-refractivity contribution is -0.157. The fourth-order valence-corrected chi connectivity index (χ4v) is 5.32. The largest absolute Gasteiger partial charge is 0.444 e. The third-order valence-electron chi connectivity index (χ3n) is 7.32. The first-order chi connectivity index (χ1) is 21.3. The minimum atomic E-state index is -1.41. The molecule has 1 aromatic carbocycles. The molecule has 0 aliphatic carbocycles. The molecule has 0 radical (unpaired) electrons. The van der Waals surface area contributed by atoms with Crippen molar-refractivity contribution in [3.05, 3.63) is 35.6 Å². The molecular weight excluding hydrogens is 615 g/mol. The van der Waals surface area contributed by atoms with Gasteiger partial charge in [-0.15, -0.1) is 0 Å². The maximum atomic E-state index is 14.4. The first kappa shape index (κ1) is 41.3. The quantitative estimate of drug-likeness (QED) is 0.166. The Kier molecular flexibility index (Phi) is 17.2. The highest BCUT2D eigenvalue weighted by Gasteiger charge is 2.42. The summed E-state index contributed by atoms with van der Waals surface area (Å²) in [7, 11) is 0. The van der Waals surface area contributed by atoms with Crippen LogP contribution in [-0.2, 0) is 25.7 Å². The van der Waals surface area contributed by atoms with E-state index in [2.05, 4.69) is 10.6 Å². The summed E-state index contributed by atoms with van der Waals surface area (Å²) in [4.78, 5) is 55.5. The molecule has 1 aromatic rings. The number of rotatable bonds is 17. The number of carbonyl (C=O) groups excluding carboxylic acids is 4. The van der Waals surface area contributed by atoms with Crippen LogP contribution in [0.15, 0.2) is 24.3 Å². The summed E-state index contributed by atoms with van der Waals surface area (Å²) in [6.07, 6.45) is -1.47. The van der Waals surface area contributed by atoms with E-state index in [4.69, 9.17) is 10.5 Å². The summed E-state index contributed by atoms with van der Waals surface area (Å²) >= 11 is 1.44. The number of alkyl carbamates (subject to hydrolysis) is 1. The number of imide groups is 1. The summed E-state index contributed by atoms with van der Waals surface area (Å²) in [6.45, 7) is 13.7. The van der Waals surface area contributed by atoms with Crippen molar-refractivity contribution < 1.29 is 38.5 Å². The van der Waals surface area contributed by atoms with Crippen LogP contribution in [0.2, 0.25) is 0 Å². The van der Waals surface area contributed by atoms with E-state index in [1.807, 2.05) is 20.1 Å². The highest BCUT2D eigenvalue weighted by Crippen LogP contribution is 2.26. The fourth-order valence-electron chi connectivity index (χ4n) is 4.86. The SMILES string of the molecule is CSCC[C@@H](C(=O)NCc1ccc(F)cc1)N(C(=O)[C@H](CC(C)C)C[C@@H](O)[C@@H](NC(=O)OC(C)(C)C)[C@@H](C)O)C(=O)[C@@H](N)C(C)C. The number of halogens is 1. The Bertz CT molecular complexity index is 1130. The summed E-state index contributed by atoms with van der Waals surface area (Å²) in [5.74, 6) is -3.32. The lowest BCUT2D eigenvalue weighted by Crippen LogP contribution is -2.59. The fraction of sp³-hybridized carbons (Fsp3) is 0.697. The molecule has 13 heteroatoms. The van der Waals surface area contributed by atoms with E-state index >= 15 is 0 Å². The monoisotopic (exact) mass is 670 g/mol. The second kappa shape index (κ2) is 19.2. The smallest absolute Gasteiger partial charge is 0.408 e. The van der Waals surface area contributed by atoms with Gasteiger partial charge in [-0.25, -0.2) is 9.18 Å². The van der Waals surface area contributed by atoms with E-state index in [0.717, 1.165) is 4.90 Å². The Morgan fingerprint density at radius 2 is 1.59 bits per heavy atom. The van der Waals surface area contributed by atoms with E-state index in [9.17, 15) is 33.8 Å². The third kappa shape index (κ3) is 13.9. The molecule has 0 bridgehead atoms. The Balaban J connectivity index is 3.50. The molecule has 0 unspecified atom stereocenters. The molecule has 262 valence electrons. The summed E-state index contributed by atoms with van der Waals surface area (Å²) in [6, 6.07) is 2.11. The number of hydrogen-bond donors (Lipinski definition) is 5. The zero-order valence-electron chi connectivity index (χ0n) is 28.7. The van der Waals surface area contributed by atoms with E-state index < -0.39 is 71.5 Å². The lowest BCUT2D eigenvalue weighted by Gasteiger charge is -2.36. The molecule has 1 rings (SSSR count). The van der Waals surface area contributed by atoms with Crippen molar-refractivity contribution in [2.75, 3.05) is 12.0 Å². The molecule has 0 saturated carbocycles. The summed E-state index contributed by atoms with van der Waals surface area (Å²) < 4.78 is 18.7. The second-order valence-electron chi connectivity index (χ2n) is 13.5. The van der Waals surface area contributed by atoms with Gasteiger partial charge in [-0.2, -0.15) is 11.8 Å². The van der Waals surface area contributed by atoms with E-state index in [-0.39, 0.29) is 37.6 Å². The first-order valence-corrected chi connectivity index (χ1v) is 17.2. The zero-order valence-corrected chi connectivity index (χ0v) is 29.5. The molecule has 0 aromatic heterocycles. The molecule has 11 nitrogen and oxygen atoms in total.